The molecule has 0 saturated heterocycles. The van der Waals surface area contributed by atoms with E-state index < -0.39 is 23.8 Å². The molecule has 0 spiro atoms. The second-order valence-corrected chi connectivity index (χ2v) is 5.05. The van der Waals surface area contributed by atoms with E-state index in [2.05, 4.69) is 10.6 Å². The first kappa shape index (κ1) is 15.7. The van der Waals surface area contributed by atoms with Crippen LogP contribution in [-0.4, -0.2) is 43.5 Å². The van der Waals surface area contributed by atoms with Crippen LogP contribution in [0.25, 0.3) is 0 Å². The molecule has 0 heterocycles. The third kappa shape index (κ3) is 4.12. The highest BCUT2D eigenvalue weighted by molar-refractivity contribution is 5.75. The number of benzene rings is 1. The lowest BCUT2D eigenvalue weighted by Crippen LogP contribution is -2.42. The first-order chi connectivity index (χ1) is 10.0. The predicted molar refractivity (Wildman–Crippen MR) is 71.9 cm³/mol. The van der Waals surface area contributed by atoms with Crippen LogP contribution in [0.15, 0.2) is 18.2 Å². The van der Waals surface area contributed by atoms with Crippen LogP contribution in [0.3, 0.4) is 0 Å². The van der Waals surface area contributed by atoms with Gasteiger partial charge in [-0.25, -0.2) is 13.6 Å². The molecule has 21 heavy (non-hydrogen) atoms. The Hall–Kier alpha value is -1.73. The number of nitrogens with one attached hydrogen (secondary N) is 2. The highest BCUT2D eigenvalue weighted by atomic mass is 19.1. The third-order valence-electron chi connectivity index (χ3n) is 3.33. The molecule has 7 heteroatoms. The minimum absolute atomic E-state index is 0.0159. The van der Waals surface area contributed by atoms with Gasteiger partial charge in [0.2, 0.25) is 0 Å². The first-order valence-corrected chi connectivity index (χ1v) is 6.68. The van der Waals surface area contributed by atoms with Crippen LogP contribution >= 0.6 is 0 Å². The molecule has 0 bridgehead atoms. The lowest BCUT2D eigenvalue weighted by molar-refractivity contribution is 0.0659. The van der Waals surface area contributed by atoms with Crippen LogP contribution in [0.1, 0.15) is 17.9 Å². The Kier molecular flexibility index (Phi) is 5.08. The highest BCUT2D eigenvalue weighted by Gasteiger charge is 2.42. The van der Waals surface area contributed by atoms with Gasteiger partial charge in [0.1, 0.15) is 11.6 Å². The average Bonchev–Trinajstić information content (AvgIpc) is 3.15. The maximum atomic E-state index is 13.6. The predicted octanol–water partition coefficient (Wildman–Crippen LogP) is 1.13. The second kappa shape index (κ2) is 6.82. The Bertz CT molecular complexity index is 493. The van der Waals surface area contributed by atoms with Crippen LogP contribution in [0.5, 0.6) is 0 Å². The molecule has 0 aliphatic heterocycles. The number of hydrogen-bond acceptors (Lipinski definition) is 3. The molecule has 3 N–H and O–H groups in total. The summed E-state index contributed by atoms with van der Waals surface area (Å²) in [5, 5.41) is 14.5. The van der Waals surface area contributed by atoms with Gasteiger partial charge in [0.25, 0.3) is 0 Å². The largest absolute Gasteiger partial charge is 0.389 e. The van der Waals surface area contributed by atoms with E-state index in [0.717, 1.165) is 0 Å². The van der Waals surface area contributed by atoms with E-state index in [4.69, 9.17) is 4.74 Å². The van der Waals surface area contributed by atoms with Crippen LogP contribution in [0, 0.1) is 11.6 Å². The molecule has 1 aromatic rings. The number of halogens is 2. The Morgan fingerprint density at radius 1 is 1.48 bits per heavy atom. The van der Waals surface area contributed by atoms with Gasteiger partial charge in [-0.1, -0.05) is 6.07 Å². The summed E-state index contributed by atoms with van der Waals surface area (Å²) < 4.78 is 31.9. The van der Waals surface area contributed by atoms with Crippen molar-refractivity contribution >= 4 is 6.03 Å². The number of rotatable bonds is 6. The lowest BCUT2D eigenvalue weighted by atomic mass is 10.1. The number of carbonyl (C=O) groups excluding carboxylic acids is 1. The number of aliphatic hydroxyl groups excluding tert-OH is 1. The van der Waals surface area contributed by atoms with Crippen LogP contribution in [0.2, 0.25) is 0 Å². The van der Waals surface area contributed by atoms with Crippen molar-refractivity contribution in [2.24, 2.45) is 0 Å². The number of amides is 2. The van der Waals surface area contributed by atoms with Gasteiger partial charge in [-0.05, 0) is 18.6 Å². The molecule has 2 amide bonds. The van der Waals surface area contributed by atoms with E-state index in [0.29, 0.717) is 6.42 Å². The standard InChI is InChI=1S/C14H18F2N2O3/c1-21-7-8(19)6-17-14(20)18-12-5-9(12)13-10(15)3-2-4-11(13)16/h2-4,8-9,12,19H,5-7H2,1H3,(H2,17,18,20). The van der Waals surface area contributed by atoms with E-state index in [9.17, 15) is 18.7 Å². The third-order valence-corrected chi connectivity index (χ3v) is 3.33. The zero-order valence-electron chi connectivity index (χ0n) is 11.6. The Balaban J connectivity index is 1.80. The molecule has 5 nitrogen and oxygen atoms in total. The fourth-order valence-corrected chi connectivity index (χ4v) is 2.22. The molecule has 0 radical (unpaired) electrons. The average molecular weight is 300 g/mol. The molecule has 116 valence electrons. The van der Waals surface area contributed by atoms with Crippen molar-refractivity contribution < 1.29 is 23.4 Å². The van der Waals surface area contributed by atoms with Crippen molar-refractivity contribution in [3.05, 3.63) is 35.4 Å². The molecule has 1 aliphatic carbocycles. The number of aliphatic hydroxyl groups is 1. The number of carbonyl (C=O) groups is 1. The summed E-state index contributed by atoms with van der Waals surface area (Å²) in [6, 6.07) is 2.94. The lowest BCUT2D eigenvalue weighted by Gasteiger charge is -2.11. The van der Waals surface area contributed by atoms with Gasteiger partial charge >= 0.3 is 6.03 Å². The van der Waals surface area contributed by atoms with Crippen molar-refractivity contribution in [1.82, 2.24) is 10.6 Å². The molecule has 1 aliphatic rings. The maximum Gasteiger partial charge on any atom is 0.315 e. The van der Waals surface area contributed by atoms with Crippen molar-refractivity contribution in [2.45, 2.75) is 24.5 Å². The Morgan fingerprint density at radius 2 is 2.14 bits per heavy atom. The zero-order valence-corrected chi connectivity index (χ0v) is 11.6. The number of urea groups is 1. The van der Waals surface area contributed by atoms with E-state index in [1.807, 2.05) is 0 Å². The fraction of sp³-hybridized carbons (Fsp3) is 0.500. The van der Waals surface area contributed by atoms with Gasteiger partial charge < -0.3 is 20.5 Å². The number of methoxy groups -OCH3 is 1. The van der Waals surface area contributed by atoms with Crippen molar-refractivity contribution in [3.63, 3.8) is 0 Å². The second-order valence-electron chi connectivity index (χ2n) is 5.05. The summed E-state index contributed by atoms with van der Waals surface area (Å²) in [6.45, 7) is 0.165. The summed E-state index contributed by atoms with van der Waals surface area (Å²) in [5.74, 6) is -1.54. The minimum atomic E-state index is -0.792. The molecule has 1 aromatic carbocycles. The van der Waals surface area contributed by atoms with Crippen LogP contribution < -0.4 is 10.6 Å². The summed E-state index contributed by atoms with van der Waals surface area (Å²) in [7, 11) is 1.45. The first-order valence-electron chi connectivity index (χ1n) is 6.68. The van der Waals surface area contributed by atoms with Gasteiger partial charge in [0.05, 0.1) is 12.7 Å². The van der Waals surface area contributed by atoms with Gasteiger partial charge in [-0.2, -0.15) is 0 Å². The highest BCUT2D eigenvalue weighted by Crippen LogP contribution is 2.42. The van der Waals surface area contributed by atoms with E-state index in [-0.39, 0.29) is 30.7 Å². The number of ether oxygens (including phenoxy) is 1. The molecule has 1 saturated carbocycles. The molecule has 0 aromatic heterocycles. The quantitative estimate of drug-likeness (QED) is 0.737. The van der Waals surface area contributed by atoms with Gasteiger partial charge in [0, 0.05) is 31.2 Å². The van der Waals surface area contributed by atoms with Crippen molar-refractivity contribution in [2.75, 3.05) is 20.3 Å². The van der Waals surface area contributed by atoms with Gasteiger partial charge in [-0.15, -0.1) is 0 Å². The van der Waals surface area contributed by atoms with E-state index in [1.165, 1.54) is 25.3 Å². The number of hydrogen-bond donors (Lipinski definition) is 3. The summed E-state index contributed by atoms with van der Waals surface area (Å²) >= 11 is 0. The Labute approximate surface area is 121 Å². The van der Waals surface area contributed by atoms with Crippen molar-refractivity contribution in [3.8, 4) is 0 Å². The SMILES string of the molecule is COCC(O)CNC(=O)NC1CC1c1c(F)cccc1F. The van der Waals surface area contributed by atoms with E-state index in [1.54, 1.807) is 0 Å². The van der Waals surface area contributed by atoms with Crippen LogP contribution in [-0.2, 0) is 4.74 Å². The molecular formula is C14H18F2N2O3. The van der Waals surface area contributed by atoms with Crippen LogP contribution in [0.4, 0.5) is 13.6 Å². The summed E-state index contributed by atoms with van der Waals surface area (Å²) in [5.41, 5.74) is 0.0159. The molecule has 1 fully saturated rings. The smallest absolute Gasteiger partial charge is 0.315 e. The maximum absolute atomic E-state index is 13.6. The normalized spacial score (nSPS) is 21.7. The monoisotopic (exact) mass is 300 g/mol. The molecule has 3 unspecified atom stereocenters. The van der Waals surface area contributed by atoms with Gasteiger partial charge in [-0.3, -0.25) is 0 Å². The topological polar surface area (TPSA) is 70.6 Å². The van der Waals surface area contributed by atoms with E-state index >= 15 is 0 Å². The van der Waals surface area contributed by atoms with Crippen molar-refractivity contribution in [1.29, 1.82) is 0 Å². The Morgan fingerprint density at radius 3 is 2.76 bits per heavy atom. The zero-order chi connectivity index (χ0) is 15.4. The fourth-order valence-electron chi connectivity index (χ4n) is 2.22. The summed E-state index contributed by atoms with van der Waals surface area (Å²) in [6.07, 6.45) is -0.300. The molecular weight excluding hydrogens is 282 g/mol. The molecule has 3 atom stereocenters. The minimum Gasteiger partial charge on any atom is -0.389 e. The van der Waals surface area contributed by atoms with Gasteiger partial charge in [0.15, 0.2) is 0 Å². The summed E-state index contributed by atoms with van der Waals surface area (Å²) in [4.78, 5) is 11.6. The molecule has 2 rings (SSSR count).